The van der Waals surface area contributed by atoms with Gasteiger partial charge in [0.2, 0.25) is 0 Å². The van der Waals surface area contributed by atoms with E-state index in [4.69, 9.17) is 9.47 Å². The molecule has 0 bridgehead atoms. The van der Waals surface area contributed by atoms with Crippen molar-refractivity contribution in [1.82, 2.24) is 0 Å². The zero-order valence-corrected chi connectivity index (χ0v) is 18.6. The maximum Gasteiger partial charge on any atom is 0.148 e. The molecule has 0 aliphatic heterocycles. The van der Waals surface area contributed by atoms with Gasteiger partial charge in [-0.05, 0) is 48.0 Å². The van der Waals surface area contributed by atoms with E-state index >= 15 is 0 Å². The molecule has 1 N–H and O–H groups in total. The number of hydrogen-bond acceptors (Lipinski definition) is 4. The number of aliphatic hydroxyl groups is 1. The van der Waals surface area contributed by atoms with Gasteiger partial charge in [0.15, 0.2) is 0 Å². The van der Waals surface area contributed by atoms with E-state index in [1.165, 1.54) is 0 Å². The summed E-state index contributed by atoms with van der Waals surface area (Å²) < 4.78 is 13.2. The summed E-state index contributed by atoms with van der Waals surface area (Å²) in [5.41, 5.74) is 1.85. The van der Waals surface area contributed by atoms with Crippen LogP contribution in [-0.2, 0) is 0 Å². The number of rotatable bonds is 6. The summed E-state index contributed by atoms with van der Waals surface area (Å²) in [4.78, 5) is 0. The molecule has 4 nitrogen and oxygen atoms in total. The number of ether oxygens (including phenoxy) is 2. The average molecular weight is 515 g/mol. The quantitative estimate of drug-likeness (QED) is 0.395. The van der Waals surface area contributed by atoms with Gasteiger partial charge in [0.1, 0.15) is 29.4 Å². The first-order chi connectivity index (χ1) is 14.0. The van der Waals surface area contributed by atoms with Gasteiger partial charge in [-0.1, -0.05) is 56.1 Å². The Bertz CT molecular complexity index is 1050. The van der Waals surface area contributed by atoms with Crippen LogP contribution >= 0.6 is 31.9 Å². The molecule has 29 heavy (non-hydrogen) atoms. The molecule has 0 radical (unpaired) electrons. The number of benzene rings is 3. The van der Waals surface area contributed by atoms with Gasteiger partial charge in [0, 0.05) is 20.6 Å². The first kappa shape index (κ1) is 21.1. The molecule has 0 aromatic heterocycles. The van der Waals surface area contributed by atoms with Gasteiger partial charge in [-0.25, -0.2) is 0 Å². The molecule has 1 atom stereocenters. The molecule has 0 fully saturated rings. The molecule has 3 rings (SSSR count). The summed E-state index contributed by atoms with van der Waals surface area (Å²) >= 11 is 6.82. The van der Waals surface area contributed by atoms with E-state index < -0.39 is 6.10 Å². The zero-order chi connectivity index (χ0) is 20.8. The summed E-state index contributed by atoms with van der Waals surface area (Å²) in [5, 5.41) is 20.2. The second-order valence-corrected chi connectivity index (χ2v) is 7.94. The van der Waals surface area contributed by atoms with Gasteiger partial charge in [-0.3, -0.25) is 0 Å². The Balaban J connectivity index is 2.03. The summed E-state index contributed by atoms with van der Waals surface area (Å²) in [5.74, 6) is 1.35. The van der Waals surface area contributed by atoms with Gasteiger partial charge in [-0.15, -0.1) is 0 Å². The summed E-state index contributed by atoms with van der Waals surface area (Å²) in [7, 11) is 1.55. The van der Waals surface area contributed by atoms with Crippen LogP contribution in [0.3, 0.4) is 0 Å². The third-order valence-corrected chi connectivity index (χ3v) is 5.24. The molecule has 0 saturated heterocycles. The third kappa shape index (κ3) is 5.48. The molecule has 0 saturated carbocycles. The highest BCUT2D eigenvalue weighted by atomic mass is 79.9. The monoisotopic (exact) mass is 513 g/mol. The second-order valence-electron chi connectivity index (χ2n) is 6.11. The van der Waals surface area contributed by atoms with Gasteiger partial charge in [0.25, 0.3) is 0 Å². The van der Waals surface area contributed by atoms with Crippen LogP contribution in [0.15, 0.2) is 81.8 Å². The second kappa shape index (κ2) is 9.75. The first-order valence-electron chi connectivity index (χ1n) is 8.67. The number of nitrogens with zero attached hydrogens (tertiary/aromatic N) is 1. The molecular formula is C23H17Br2NO3. The van der Waals surface area contributed by atoms with Crippen molar-refractivity contribution in [1.29, 1.82) is 5.26 Å². The smallest absolute Gasteiger partial charge is 0.148 e. The number of nitriles is 1. The van der Waals surface area contributed by atoms with Crippen molar-refractivity contribution in [3.05, 3.63) is 98.4 Å². The predicted octanol–water partition coefficient (Wildman–Crippen LogP) is 6.25. The lowest BCUT2D eigenvalue weighted by Crippen LogP contribution is -2.02. The minimum absolute atomic E-state index is 0.351. The van der Waals surface area contributed by atoms with Crippen LogP contribution in [0, 0.1) is 11.3 Å². The van der Waals surface area contributed by atoms with Crippen LogP contribution in [0.4, 0.5) is 0 Å². The molecular weight excluding hydrogens is 498 g/mol. The standard InChI is InChI=1S/C23H17Br2NO3/c1-28-20-11-6-17(14-26)22(12-20)29-23(16-4-9-19(25)10-5-16)13-21(27)15-2-7-18(24)8-3-15/h2-13,21,27H,1H3/b23-13-. The van der Waals surface area contributed by atoms with Crippen molar-refractivity contribution >= 4 is 37.6 Å². The van der Waals surface area contributed by atoms with E-state index in [9.17, 15) is 10.4 Å². The largest absolute Gasteiger partial charge is 0.497 e. The molecule has 146 valence electrons. The topological polar surface area (TPSA) is 62.5 Å². The van der Waals surface area contributed by atoms with Gasteiger partial charge < -0.3 is 14.6 Å². The fourth-order valence-corrected chi connectivity index (χ4v) is 3.16. The van der Waals surface area contributed by atoms with Crippen molar-refractivity contribution in [2.24, 2.45) is 0 Å². The minimum atomic E-state index is -0.891. The van der Waals surface area contributed by atoms with Gasteiger partial charge >= 0.3 is 0 Å². The van der Waals surface area contributed by atoms with Gasteiger partial charge in [-0.2, -0.15) is 5.26 Å². The summed E-state index contributed by atoms with van der Waals surface area (Å²) in [6.07, 6.45) is 0.727. The lowest BCUT2D eigenvalue weighted by Gasteiger charge is -2.15. The molecule has 0 amide bonds. The van der Waals surface area contributed by atoms with Crippen LogP contribution in [0.2, 0.25) is 0 Å². The van der Waals surface area contributed by atoms with E-state index in [1.807, 2.05) is 48.5 Å². The molecule has 1 unspecified atom stereocenters. The third-order valence-electron chi connectivity index (χ3n) is 4.18. The SMILES string of the molecule is COc1ccc(C#N)c(O/C(=C\C(O)c2ccc(Br)cc2)c2ccc(Br)cc2)c1. The Labute approximate surface area is 186 Å². The minimum Gasteiger partial charge on any atom is -0.497 e. The highest BCUT2D eigenvalue weighted by Gasteiger charge is 2.14. The Kier molecular flexibility index (Phi) is 7.10. The molecule has 0 heterocycles. The van der Waals surface area contributed by atoms with E-state index in [1.54, 1.807) is 31.4 Å². The van der Waals surface area contributed by atoms with E-state index in [0.717, 1.165) is 20.1 Å². The fourth-order valence-electron chi connectivity index (χ4n) is 2.63. The van der Waals surface area contributed by atoms with Crippen molar-refractivity contribution in [3.63, 3.8) is 0 Å². The molecule has 0 spiro atoms. The zero-order valence-electron chi connectivity index (χ0n) is 15.5. The van der Waals surface area contributed by atoms with Crippen LogP contribution in [0.1, 0.15) is 22.8 Å². The average Bonchev–Trinajstić information content (AvgIpc) is 2.74. The van der Waals surface area contributed by atoms with Crippen molar-refractivity contribution < 1.29 is 14.6 Å². The first-order valence-corrected chi connectivity index (χ1v) is 10.3. The van der Waals surface area contributed by atoms with E-state index in [2.05, 4.69) is 37.9 Å². The predicted molar refractivity (Wildman–Crippen MR) is 120 cm³/mol. The molecule has 3 aromatic rings. The molecule has 0 aliphatic carbocycles. The maximum absolute atomic E-state index is 10.7. The fraction of sp³-hybridized carbons (Fsp3) is 0.0870. The van der Waals surface area contributed by atoms with E-state index in [-0.39, 0.29) is 0 Å². The Morgan fingerprint density at radius 3 is 2.21 bits per heavy atom. The van der Waals surface area contributed by atoms with Crippen molar-refractivity contribution in [2.45, 2.75) is 6.10 Å². The van der Waals surface area contributed by atoms with Crippen LogP contribution < -0.4 is 9.47 Å². The van der Waals surface area contributed by atoms with Crippen LogP contribution in [-0.4, -0.2) is 12.2 Å². The van der Waals surface area contributed by atoms with Crippen molar-refractivity contribution in [3.8, 4) is 17.6 Å². The van der Waals surface area contributed by atoms with Crippen molar-refractivity contribution in [2.75, 3.05) is 7.11 Å². The lowest BCUT2D eigenvalue weighted by molar-refractivity contribution is 0.227. The highest BCUT2D eigenvalue weighted by molar-refractivity contribution is 9.10. The maximum atomic E-state index is 10.7. The van der Waals surface area contributed by atoms with Crippen LogP contribution in [0.25, 0.3) is 5.76 Å². The highest BCUT2D eigenvalue weighted by Crippen LogP contribution is 2.31. The number of methoxy groups -OCH3 is 1. The number of aliphatic hydroxyl groups excluding tert-OH is 1. The van der Waals surface area contributed by atoms with Crippen LogP contribution in [0.5, 0.6) is 11.5 Å². The Morgan fingerprint density at radius 2 is 1.62 bits per heavy atom. The normalized spacial score (nSPS) is 12.2. The molecule has 0 aliphatic rings. The van der Waals surface area contributed by atoms with Gasteiger partial charge in [0.05, 0.1) is 12.7 Å². The number of halogens is 2. The molecule has 3 aromatic carbocycles. The lowest BCUT2D eigenvalue weighted by atomic mass is 10.1. The summed E-state index contributed by atoms with van der Waals surface area (Å²) in [6, 6.07) is 22.0. The van der Waals surface area contributed by atoms with E-state index in [0.29, 0.717) is 22.8 Å². The Morgan fingerprint density at radius 1 is 1.00 bits per heavy atom. The molecule has 6 heteroatoms. The Hall–Kier alpha value is -2.59. The summed E-state index contributed by atoms with van der Waals surface area (Å²) in [6.45, 7) is 0. The number of hydrogen-bond donors (Lipinski definition) is 1.